The molecule has 4 atom stereocenters. The lowest BCUT2D eigenvalue weighted by molar-refractivity contribution is -0.124. The van der Waals surface area contributed by atoms with Crippen LogP contribution in [0.5, 0.6) is 11.5 Å². The predicted octanol–water partition coefficient (Wildman–Crippen LogP) is 2.06. The van der Waals surface area contributed by atoms with E-state index < -0.39 is 42.3 Å². The zero-order valence-corrected chi connectivity index (χ0v) is 33.4. The van der Waals surface area contributed by atoms with Gasteiger partial charge in [-0.15, -0.1) is 0 Å². The summed E-state index contributed by atoms with van der Waals surface area (Å²) in [5, 5.41) is 20.7. The number of nitrogens with zero attached hydrogens (tertiary/aromatic N) is 2. The summed E-state index contributed by atoms with van der Waals surface area (Å²) in [5.74, 6) is -2.08. The van der Waals surface area contributed by atoms with Crippen LogP contribution in [0.2, 0.25) is 0 Å². The molecule has 2 saturated heterocycles. The van der Waals surface area contributed by atoms with Gasteiger partial charge in [-0.25, -0.2) is 31.2 Å². The Bertz CT molecular complexity index is 2340. The second-order valence-corrected chi connectivity index (χ2v) is 19.7. The molecule has 3 aromatic rings. The van der Waals surface area contributed by atoms with Gasteiger partial charge in [0.1, 0.15) is 24.6 Å². The highest BCUT2D eigenvalue weighted by atomic mass is 32.2. The fourth-order valence-corrected chi connectivity index (χ4v) is 11.7. The molecule has 7 N–H and O–H groups in total. The van der Waals surface area contributed by atoms with Crippen LogP contribution >= 0.6 is 0 Å². The number of aromatic hydroxyl groups is 2. The summed E-state index contributed by atoms with van der Waals surface area (Å²) in [6.45, 7) is -0.747. The molecule has 4 fully saturated rings. The average molecular weight is 847 g/mol. The van der Waals surface area contributed by atoms with Crippen LogP contribution in [-0.4, -0.2) is 72.3 Å². The molecular formula is C37H46N6O11S3. The van der Waals surface area contributed by atoms with E-state index in [2.05, 4.69) is 4.72 Å². The van der Waals surface area contributed by atoms with Crippen molar-refractivity contribution in [3.05, 3.63) is 77.9 Å². The maximum atomic E-state index is 12.8. The highest BCUT2D eigenvalue weighted by Gasteiger charge is 2.37. The van der Waals surface area contributed by atoms with E-state index in [0.717, 1.165) is 71.1 Å². The van der Waals surface area contributed by atoms with Crippen LogP contribution in [0.1, 0.15) is 62.5 Å². The van der Waals surface area contributed by atoms with Crippen molar-refractivity contribution in [3.8, 4) is 11.5 Å². The fraction of sp³-hybridized carbons (Fsp3) is 0.432. The summed E-state index contributed by atoms with van der Waals surface area (Å²) in [4.78, 5) is 34.6. The van der Waals surface area contributed by atoms with Crippen molar-refractivity contribution in [1.82, 2.24) is 14.2 Å². The van der Waals surface area contributed by atoms with Crippen molar-refractivity contribution < 1.29 is 49.9 Å². The molecule has 308 valence electrons. The van der Waals surface area contributed by atoms with Gasteiger partial charge >= 0.3 is 20.4 Å². The number of anilines is 2. The molecule has 0 unspecified atom stereocenters. The number of carbonyl (C=O) groups is 3. The zero-order valence-electron chi connectivity index (χ0n) is 30.9. The van der Waals surface area contributed by atoms with Crippen LogP contribution in [0.25, 0.3) is 0 Å². The molecule has 3 aromatic carbocycles. The standard InChI is InChI=1S/C21H25N3O6S2.C16H21N3O5S/c25-20-13-15(10-11-19(20)24-14-21(26)23-32(24,29)30)12-16-6-4-5-9-18(16)22-31(27,28)17-7-2-1-3-8-17;17-16(22)12-4-2-1-3-11(12)7-10-5-6-13(14(20)8-10)19-9-15(21)18-25(19,23)24/h1-3,7-8,10-11,13,16,18,22,25H,4-6,9,12,14H2,(H,23,26);5-6,8,11-12,20H,1-4,7,9H2,(H2,17,22)(H,18,21)/t16-,18+;11-,12+/m00/s1. The molecule has 2 heterocycles. The van der Waals surface area contributed by atoms with Crippen LogP contribution < -0.4 is 28.5 Å². The number of carbonyl (C=O) groups excluding carboxylic acids is 3. The van der Waals surface area contributed by atoms with E-state index >= 15 is 0 Å². The predicted molar refractivity (Wildman–Crippen MR) is 210 cm³/mol. The van der Waals surface area contributed by atoms with Crippen molar-refractivity contribution in [2.75, 3.05) is 21.7 Å². The molecule has 20 heteroatoms. The number of rotatable bonds is 10. The molecule has 0 spiro atoms. The van der Waals surface area contributed by atoms with E-state index in [1.807, 2.05) is 9.44 Å². The molecule has 2 saturated carbocycles. The normalized spacial score (nSPS) is 24.2. The van der Waals surface area contributed by atoms with Gasteiger partial charge in [0.2, 0.25) is 15.9 Å². The minimum atomic E-state index is -4.01. The monoisotopic (exact) mass is 846 g/mol. The maximum Gasteiger partial charge on any atom is 0.326 e. The summed E-state index contributed by atoms with van der Waals surface area (Å²) >= 11 is 0. The average Bonchev–Trinajstić information content (AvgIpc) is 3.59. The van der Waals surface area contributed by atoms with Gasteiger partial charge in [-0.3, -0.25) is 14.4 Å². The number of phenolic OH excluding ortho intramolecular Hbond substituents is 2. The quantitative estimate of drug-likeness (QED) is 0.172. The molecular weight excluding hydrogens is 801 g/mol. The number of nitrogens with one attached hydrogen (secondary N) is 3. The Labute approximate surface area is 332 Å². The van der Waals surface area contributed by atoms with Crippen LogP contribution in [0.15, 0.2) is 71.6 Å². The molecule has 2 aliphatic carbocycles. The van der Waals surface area contributed by atoms with E-state index in [1.165, 1.54) is 24.3 Å². The van der Waals surface area contributed by atoms with Gasteiger partial charge in [-0.1, -0.05) is 56.0 Å². The first-order valence-corrected chi connectivity index (χ1v) is 23.0. The SMILES string of the molecule is NC(=O)[C@@H]1CCCC[C@H]1Cc1ccc(N2CC(=O)NS2(=O)=O)c(O)c1.O=C1CN(c2ccc(C[C@@H]3CCCC[C@H]3NS(=O)(=O)c3ccccc3)cc2O)S(=O)(=O)N1. The van der Waals surface area contributed by atoms with Crippen molar-refractivity contribution in [2.45, 2.75) is 75.1 Å². The first kappa shape index (κ1) is 41.7. The van der Waals surface area contributed by atoms with E-state index in [-0.39, 0.29) is 70.6 Å². The topological polar surface area (TPSA) is 263 Å². The smallest absolute Gasteiger partial charge is 0.326 e. The van der Waals surface area contributed by atoms with Crippen LogP contribution in [0, 0.1) is 17.8 Å². The van der Waals surface area contributed by atoms with Gasteiger partial charge in [0.05, 0.1) is 16.3 Å². The van der Waals surface area contributed by atoms with Crippen molar-refractivity contribution in [3.63, 3.8) is 0 Å². The molecule has 4 aliphatic rings. The van der Waals surface area contributed by atoms with E-state index in [4.69, 9.17) is 5.73 Å². The lowest BCUT2D eigenvalue weighted by atomic mass is 9.76. The van der Waals surface area contributed by atoms with Gasteiger partial charge in [0, 0.05) is 12.0 Å². The van der Waals surface area contributed by atoms with Crippen molar-refractivity contribution in [2.24, 2.45) is 23.5 Å². The fourth-order valence-electron chi connectivity index (χ4n) is 8.04. The third-order valence-corrected chi connectivity index (χ3v) is 15.1. The van der Waals surface area contributed by atoms with Crippen LogP contribution in [-0.2, 0) is 57.7 Å². The first-order chi connectivity index (χ1) is 26.9. The van der Waals surface area contributed by atoms with E-state index in [1.54, 1.807) is 42.5 Å². The molecule has 0 aromatic heterocycles. The highest BCUT2D eigenvalue weighted by molar-refractivity contribution is 7.92. The highest BCUT2D eigenvalue weighted by Crippen LogP contribution is 2.37. The maximum absolute atomic E-state index is 12.8. The number of phenols is 2. The second-order valence-electron chi connectivity index (χ2n) is 14.8. The summed E-state index contributed by atoms with van der Waals surface area (Å²) in [6.07, 6.45) is 8.29. The first-order valence-electron chi connectivity index (χ1n) is 18.6. The van der Waals surface area contributed by atoms with Crippen LogP contribution in [0.4, 0.5) is 11.4 Å². The Hall–Kier alpha value is -4.92. The minimum Gasteiger partial charge on any atom is -0.506 e. The molecule has 57 heavy (non-hydrogen) atoms. The zero-order chi connectivity index (χ0) is 41.1. The summed E-state index contributed by atoms with van der Waals surface area (Å²) in [5.41, 5.74) is 7.13. The van der Waals surface area contributed by atoms with Crippen LogP contribution in [0.3, 0.4) is 0 Å². The Morgan fingerprint density at radius 1 is 0.719 bits per heavy atom. The van der Waals surface area contributed by atoms with Gasteiger partial charge in [0.15, 0.2) is 0 Å². The van der Waals surface area contributed by atoms with Gasteiger partial charge in [-0.2, -0.15) is 16.8 Å². The van der Waals surface area contributed by atoms with E-state index in [0.29, 0.717) is 12.8 Å². The molecule has 0 radical (unpaired) electrons. The summed E-state index contributed by atoms with van der Waals surface area (Å²) in [6, 6.07) is 17.3. The lowest BCUT2D eigenvalue weighted by Gasteiger charge is -2.32. The summed E-state index contributed by atoms with van der Waals surface area (Å²) in [7, 11) is -11.6. The van der Waals surface area contributed by atoms with E-state index in [9.17, 15) is 49.9 Å². The molecule has 2 aliphatic heterocycles. The number of amides is 3. The Kier molecular flexibility index (Phi) is 12.4. The number of hydrogen-bond acceptors (Lipinski definition) is 11. The van der Waals surface area contributed by atoms with Gasteiger partial charge in [-0.05, 0) is 97.9 Å². The molecule has 0 bridgehead atoms. The number of sulfonamides is 1. The Morgan fingerprint density at radius 3 is 1.67 bits per heavy atom. The summed E-state index contributed by atoms with van der Waals surface area (Å²) < 4.78 is 81.6. The number of primary amides is 1. The van der Waals surface area contributed by atoms with Crippen molar-refractivity contribution >= 4 is 59.5 Å². The van der Waals surface area contributed by atoms with Gasteiger partial charge in [0.25, 0.3) is 11.8 Å². The second kappa shape index (κ2) is 16.9. The number of nitrogens with two attached hydrogens (primary N) is 1. The number of benzene rings is 3. The molecule has 17 nitrogen and oxygen atoms in total. The van der Waals surface area contributed by atoms with Gasteiger partial charge < -0.3 is 15.9 Å². The lowest BCUT2D eigenvalue weighted by Crippen LogP contribution is -2.42. The Balaban J connectivity index is 0.000000199. The number of hydrogen-bond donors (Lipinski definition) is 6. The van der Waals surface area contributed by atoms with Crippen molar-refractivity contribution in [1.29, 1.82) is 0 Å². The Morgan fingerprint density at radius 2 is 1.19 bits per heavy atom. The third-order valence-electron chi connectivity index (χ3n) is 10.8. The largest absolute Gasteiger partial charge is 0.506 e. The third kappa shape index (κ3) is 9.79. The molecule has 3 amide bonds. The molecule has 7 rings (SSSR count). The minimum absolute atomic E-state index is 0.0251.